The summed E-state index contributed by atoms with van der Waals surface area (Å²) in [7, 11) is 2.02. The van der Waals surface area contributed by atoms with Crippen molar-refractivity contribution in [2.45, 2.75) is 13.5 Å². The smallest absolute Gasteiger partial charge is 0.142 e. The zero-order valence-corrected chi connectivity index (χ0v) is 14.5. The summed E-state index contributed by atoms with van der Waals surface area (Å²) in [5.41, 5.74) is 6.48. The molecule has 0 N–H and O–H groups in total. The molecule has 0 amide bonds. The molecule has 4 nitrogen and oxygen atoms in total. The van der Waals surface area contributed by atoms with Crippen molar-refractivity contribution in [3.63, 3.8) is 0 Å². The number of fused-ring (bicyclic) bond motifs is 1. The van der Waals surface area contributed by atoms with Gasteiger partial charge in [0, 0.05) is 37.3 Å². The van der Waals surface area contributed by atoms with E-state index in [2.05, 4.69) is 64.5 Å². The summed E-state index contributed by atoms with van der Waals surface area (Å²) in [6.07, 6.45) is 7.91. The third kappa shape index (κ3) is 2.76. The van der Waals surface area contributed by atoms with Crippen LogP contribution in [0, 0.1) is 0 Å². The summed E-state index contributed by atoms with van der Waals surface area (Å²) in [6, 6.07) is 12.4. The van der Waals surface area contributed by atoms with Gasteiger partial charge in [-0.05, 0) is 30.2 Å². The molecule has 4 heteroatoms. The fraction of sp³-hybridized carbons (Fsp3) is 0.143. The molecule has 0 saturated heterocycles. The van der Waals surface area contributed by atoms with Crippen LogP contribution in [0.5, 0.6) is 0 Å². The fourth-order valence-corrected chi connectivity index (χ4v) is 3.16. The van der Waals surface area contributed by atoms with Crippen LogP contribution in [0.2, 0.25) is 0 Å². The maximum atomic E-state index is 4.88. The van der Waals surface area contributed by atoms with Crippen LogP contribution in [0.3, 0.4) is 0 Å². The first-order valence-electron chi connectivity index (χ1n) is 8.30. The summed E-state index contributed by atoms with van der Waals surface area (Å²) in [5.74, 6) is 0.950. The van der Waals surface area contributed by atoms with Crippen molar-refractivity contribution in [2.24, 2.45) is 0 Å². The molecule has 3 heterocycles. The Balaban J connectivity index is 1.88. The maximum Gasteiger partial charge on any atom is 0.142 e. The summed E-state index contributed by atoms with van der Waals surface area (Å²) < 4.78 is 2.23. The Kier molecular flexibility index (Phi) is 3.73. The summed E-state index contributed by atoms with van der Waals surface area (Å²) in [5, 5.41) is 0. The molecular formula is C21H20N4. The SMILES string of the molecule is C=C1C(C)=CC(c2nc3ccncc3n2Cc2ccccc2)=CN1C. The fourth-order valence-electron chi connectivity index (χ4n) is 3.16. The Morgan fingerprint density at radius 1 is 1.12 bits per heavy atom. The number of nitrogens with zero attached hydrogens (tertiary/aromatic N) is 4. The lowest BCUT2D eigenvalue weighted by molar-refractivity contribution is 0.577. The predicted molar refractivity (Wildman–Crippen MR) is 102 cm³/mol. The highest BCUT2D eigenvalue weighted by Gasteiger charge is 2.18. The molecule has 0 fully saturated rings. The van der Waals surface area contributed by atoms with E-state index in [1.54, 1.807) is 6.20 Å². The highest BCUT2D eigenvalue weighted by atomic mass is 15.1. The molecule has 0 spiro atoms. The van der Waals surface area contributed by atoms with Crippen LogP contribution >= 0.6 is 0 Å². The molecule has 1 aliphatic rings. The van der Waals surface area contributed by atoms with Crippen molar-refractivity contribution >= 4 is 16.6 Å². The molecule has 3 aromatic rings. The average molecular weight is 328 g/mol. The Hall–Kier alpha value is -3.14. The van der Waals surface area contributed by atoms with E-state index in [9.17, 15) is 0 Å². The van der Waals surface area contributed by atoms with Crippen LogP contribution in [-0.2, 0) is 6.54 Å². The molecule has 4 rings (SSSR count). The normalized spacial score (nSPS) is 14.6. The van der Waals surface area contributed by atoms with Gasteiger partial charge in [0.1, 0.15) is 5.82 Å². The summed E-state index contributed by atoms with van der Waals surface area (Å²) >= 11 is 0. The number of rotatable bonds is 3. The number of hydrogen-bond acceptors (Lipinski definition) is 3. The van der Waals surface area contributed by atoms with Gasteiger partial charge in [0.15, 0.2) is 0 Å². The molecule has 1 aromatic carbocycles. The van der Waals surface area contributed by atoms with Crippen molar-refractivity contribution in [3.8, 4) is 0 Å². The predicted octanol–water partition coefficient (Wildman–Crippen LogP) is 4.23. The van der Waals surface area contributed by atoms with Crippen LogP contribution in [0.15, 0.2) is 78.9 Å². The van der Waals surface area contributed by atoms with E-state index in [0.29, 0.717) is 0 Å². The van der Waals surface area contributed by atoms with E-state index in [-0.39, 0.29) is 0 Å². The summed E-state index contributed by atoms with van der Waals surface area (Å²) in [4.78, 5) is 11.2. The van der Waals surface area contributed by atoms with Gasteiger partial charge in [-0.1, -0.05) is 36.9 Å². The molecule has 2 aromatic heterocycles. The van der Waals surface area contributed by atoms with Gasteiger partial charge in [-0.15, -0.1) is 0 Å². The second-order valence-corrected chi connectivity index (χ2v) is 6.34. The van der Waals surface area contributed by atoms with Crippen molar-refractivity contribution in [1.29, 1.82) is 0 Å². The number of aromatic nitrogens is 3. The van der Waals surface area contributed by atoms with Gasteiger partial charge in [-0.3, -0.25) is 4.98 Å². The van der Waals surface area contributed by atoms with Crippen LogP contribution in [0.25, 0.3) is 16.6 Å². The van der Waals surface area contributed by atoms with Gasteiger partial charge in [-0.25, -0.2) is 4.98 Å². The minimum absolute atomic E-state index is 0.757. The topological polar surface area (TPSA) is 34.0 Å². The molecule has 25 heavy (non-hydrogen) atoms. The number of hydrogen-bond donors (Lipinski definition) is 0. The van der Waals surface area contributed by atoms with E-state index < -0.39 is 0 Å². The number of benzene rings is 1. The lowest BCUT2D eigenvalue weighted by atomic mass is 10.1. The minimum Gasteiger partial charge on any atom is -0.351 e. The largest absolute Gasteiger partial charge is 0.351 e. The quantitative estimate of drug-likeness (QED) is 0.721. The van der Waals surface area contributed by atoms with Gasteiger partial charge >= 0.3 is 0 Å². The Morgan fingerprint density at radius 3 is 2.68 bits per heavy atom. The van der Waals surface area contributed by atoms with Gasteiger partial charge in [0.05, 0.1) is 17.2 Å². The van der Waals surface area contributed by atoms with Gasteiger partial charge < -0.3 is 9.47 Å². The Morgan fingerprint density at radius 2 is 1.92 bits per heavy atom. The minimum atomic E-state index is 0.757. The molecule has 0 unspecified atom stereocenters. The van der Waals surface area contributed by atoms with Gasteiger partial charge in [0.2, 0.25) is 0 Å². The van der Waals surface area contributed by atoms with Crippen LogP contribution in [0.1, 0.15) is 18.3 Å². The first kappa shape index (κ1) is 15.4. The molecule has 0 atom stereocenters. The second kappa shape index (κ2) is 6.06. The van der Waals surface area contributed by atoms with Crippen molar-refractivity contribution in [3.05, 3.63) is 90.3 Å². The highest BCUT2D eigenvalue weighted by molar-refractivity contribution is 5.82. The van der Waals surface area contributed by atoms with Crippen LogP contribution in [-0.4, -0.2) is 26.5 Å². The molecule has 0 aliphatic carbocycles. The molecule has 124 valence electrons. The van der Waals surface area contributed by atoms with Crippen molar-refractivity contribution < 1.29 is 0 Å². The first-order chi connectivity index (χ1) is 12.1. The number of pyridine rings is 1. The van der Waals surface area contributed by atoms with Crippen LogP contribution in [0.4, 0.5) is 0 Å². The highest BCUT2D eigenvalue weighted by Crippen LogP contribution is 2.29. The molecule has 1 aliphatic heterocycles. The second-order valence-electron chi connectivity index (χ2n) is 6.34. The zero-order valence-electron chi connectivity index (χ0n) is 14.5. The lowest BCUT2D eigenvalue weighted by Crippen LogP contribution is -2.16. The van der Waals surface area contributed by atoms with Gasteiger partial charge in [0.25, 0.3) is 0 Å². The van der Waals surface area contributed by atoms with Crippen molar-refractivity contribution in [1.82, 2.24) is 19.4 Å². The number of allylic oxidation sites excluding steroid dienone is 3. The van der Waals surface area contributed by atoms with E-state index in [1.165, 1.54) is 5.56 Å². The first-order valence-corrected chi connectivity index (χ1v) is 8.30. The van der Waals surface area contributed by atoms with Gasteiger partial charge in [-0.2, -0.15) is 0 Å². The average Bonchev–Trinajstić information content (AvgIpc) is 2.99. The van der Waals surface area contributed by atoms with E-state index in [0.717, 1.165) is 40.2 Å². The van der Waals surface area contributed by atoms with E-state index in [4.69, 9.17) is 4.98 Å². The number of imidazole rings is 1. The van der Waals surface area contributed by atoms with E-state index >= 15 is 0 Å². The zero-order chi connectivity index (χ0) is 17.4. The third-order valence-electron chi connectivity index (χ3n) is 4.58. The molecule has 0 radical (unpaired) electrons. The van der Waals surface area contributed by atoms with E-state index in [1.807, 2.05) is 25.4 Å². The standard InChI is InChI=1S/C21H20N4/c1-15-11-18(14-24(3)16(15)2)21-23-19-9-10-22-12-20(19)25(21)13-17-7-5-4-6-8-17/h4-12,14H,2,13H2,1,3H3. The molecule has 0 bridgehead atoms. The third-order valence-corrected chi connectivity index (χ3v) is 4.58. The summed E-state index contributed by atoms with van der Waals surface area (Å²) in [6.45, 7) is 6.95. The van der Waals surface area contributed by atoms with Crippen molar-refractivity contribution in [2.75, 3.05) is 7.05 Å². The molecule has 0 saturated carbocycles. The Labute approximate surface area is 147 Å². The lowest BCUT2D eigenvalue weighted by Gasteiger charge is -2.24. The Bertz CT molecular complexity index is 1010. The molecular weight excluding hydrogens is 308 g/mol. The monoisotopic (exact) mass is 328 g/mol. The number of likely N-dealkylation sites (N-methyl/N-ethyl adjacent to an activating group) is 1. The maximum absolute atomic E-state index is 4.88. The van der Waals surface area contributed by atoms with Crippen LogP contribution < -0.4 is 0 Å².